The molecule has 0 atom stereocenters. The zero-order valence-electron chi connectivity index (χ0n) is 19.3. The SMILES string of the molecule is O=S(=O)(O)CCCOc1ccc2ccccc2c1-c1c(OCCCS(=O)(=O)O)ccc2ccccc12. The molecule has 10 heteroatoms. The predicted molar refractivity (Wildman–Crippen MR) is 140 cm³/mol. The Labute approximate surface area is 210 Å². The van der Waals surface area contributed by atoms with E-state index in [9.17, 15) is 16.8 Å². The molecule has 0 aromatic heterocycles. The van der Waals surface area contributed by atoms with E-state index in [-0.39, 0.29) is 26.1 Å². The molecule has 4 rings (SSSR count). The maximum Gasteiger partial charge on any atom is 0.264 e. The number of benzene rings is 4. The monoisotopic (exact) mass is 530 g/mol. The van der Waals surface area contributed by atoms with Crippen molar-refractivity contribution >= 4 is 41.8 Å². The lowest BCUT2D eigenvalue weighted by molar-refractivity contribution is 0.313. The molecule has 0 aliphatic heterocycles. The molecule has 0 spiro atoms. The van der Waals surface area contributed by atoms with Gasteiger partial charge in [-0.05, 0) is 46.5 Å². The average Bonchev–Trinajstić information content (AvgIpc) is 2.83. The van der Waals surface area contributed by atoms with Crippen molar-refractivity contribution < 1.29 is 35.4 Å². The number of fused-ring (bicyclic) bond motifs is 2. The Morgan fingerprint density at radius 3 is 1.33 bits per heavy atom. The van der Waals surface area contributed by atoms with E-state index >= 15 is 0 Å². The summed E-state index contributed by atoms with van der Waals surface area (Å²) in [7, 11) is -8.19. The van der Waals surface area contributed by atoms with Crippen LogP contribution in [0.5, 0.6) is 11.5 Å². The minimum atomic E-state index is -4.10. The Kier molecular flexibility index (Phi) is 7.79. The lowest BCUT2D eigenvalue weighted by Gasteiger charge is -2.19. The molecule has 0 fully saturated rings. The minimum absolute atomic E-state index is 0.0699. The van der Waals surface area contributed by atoms with Gasteiger partial charge >= 0.3 is 0 Å². The van der Waals surface area contributed by atoms with Crippen LogP contribution in [0.4, 0.5) is 0 Å². The van der Waals surface area contributed by atoms with Crippen LogP contribution in [0.25, 0.3) is 32.7 Å². The van der Waals surface area contributed by atoms with E-state index in [0.29, 0.717) is 11.5 Å². The van der Waals surface area contributed by atoms with Gasteiger partial charge in [0.2, 0.25) is 0 Å². The van der Waals surface area contributed by atoms with Gasteiger partial charge in [-0.3, -0.25) is 9.11 Å². The molecule has 0 unspecified atom stereocenters. The molecule has 4 aromatic rings. The fraction of sp³-hybridized carbons (Fsp3) is 0.231. The van der Waals surface area contributed by atoms with E-state index in [4.69, 9.17) is 18.6 Å². The molecule has 4 aromatic carbocycles. The van der Waals surface area contributed by atoms with Crippen LogP contribution in [-0.4, -0.2) is 50.7 Å². The predicted octanol–water partition coefficient (Wildman–Crippen LogP) is 4.97. The molecule has 0 aliphatic rings. The fourth-order valence-electron chi connectivity index (χ4n) is 4.11. The molecular weight excluding hydrogens is 504 g/mol. The smallest absolute Gasteiger partial charge is 0.264 e. The highest BCUT2D eigenvalue weighted by Crippen LogP contribution is 2.45. The molecule has 0 aliphatic carbocycles. The van der Waals surface area contributed by atoms with Crippen molar-refractivity contribution in [2.24, 2.45) is 0 Å². The first-order valence-corrected chi connectivity index (χ1v) is 14.5. The van der Waals surface area contributed by atoms with E-state index in [1.165, 1.54) is 0 Å². The van der Waals surface area contributed by atoms with Gasteiger partial charge in [-0.2, -0.15) is 16.8 Å². The summed E-state index contributed by atoms with van der Waals surface area (Å²) in [5.74, 6) is 0.213. The molecule has 8 nitrogen and oxygen atoms in total. The van der Waals surface area contributed by atoms with Gasteiger partial charge in [0.25, 0.3) is 20.2 Å². The summed E-state index contributed by atoms with van der Waals surface area (Å²) in [4.78, 5) is 0. The van der Waals surface area contributed by atoms with Gasteiger partial charge in [0.15, 0.2) is 0 Å². The van der Waals surface area contributed by atoms with Crippen molar-refractivity contribution in [1.29, 1.82) is 0 Å². The summed E-state index contributed by atoms with van der Waals surface area (Å²) < 4.78 is 74.6. The van der Waals surface area contributed by atoms with Gasteiger partial charge in [-0.1, -0.05) is 60.7 Å². The van der Waals surface area contributed by atoms with Crippen LogP contribution in [0.15, 0.2) is 72.8 Å². The minimum Gasteiger partial charge on any atom is -0.493 e. The maximum absolute atomic E-state index is 11.1. The second-order valence-corrected chi connectivity index (χ2v) is 11.4. The molecular formula is C26H26O8S2. The molecule has 0 saturated heterocycles. The second kappa shape index (κ2) is 10.8. The van der Waals surface area contributed by atoms with E-state index < -0.39 is 31.7 Å². The largest absolute Gasteiger partial charge is 0.493 e. The normalized spacial score (nSPS) is 12.2. The molecule has 36 heavy (non-hydrogen) atoms. The van der Waals surface area contributed by atoms with Crippen molar-refractivity contribution in [1.82, 2.24) is 0 Å². The molecule has 0 saturated carbocycles. The molecule has 0 radical (unpaired) electrons. The van der Waals surface area contributed by atoms with E-state index in [1.807, 2.05) is 72.8 Å². The topological polar surface area (TPSA) is 127 Å². The highest BCUT2D eigenvalue weighted by molar-refractivity contribution is 7.86. The third-order valence-corrected chi connectivity index (χ3v) is 7.25. The Balaban J connectivity index is 1.82. The van der Waals surface area contributed by atoms with E-state index in [0.717, 1.165) is 32.7 Å². The molecule has 0 bridgehead atoms. The second-order valence-electron chi connectivity index (χ2n) is 8.30. The van der Waals surface area contributed by atoms with Crippen molar-refractivity contribution in [3.63, 3.8) is 0 Å². The lowest BCUT2D eigenvalue weighted by Crippen LogP contribution is -2.10. The molecule has 2 N–H and O–H groups in total. The summed E-state index contributed by atoms with van der Waals surface area (Å²) in [5, 5.41) is 3.71. The van der Waals surface area contributed by atoms with Crippen molar-refractivity contribution in [2.45, 2.75) is 12.8 Å². The van der Waals surface area contributed by atoms with Crippen molar-refractivity contribution in [2.75, 3.05) is 24.7 Å². The standard InChI is InChI=1S/C26H26O8S2/c27-35(28,29)17-5-15-33-23-13-11-19-7-1-3-9-21(19)25(23)26-22-10-4-2-8-20(22)12-14-24(26)34-16-6-18-36(30,31)32/h1-4,7-14H,5-6,15-18H2,(H,27,28,29)(H,30,31,32). The van der Waals surface area contributed by atoms with Crippen molar-refractivity contribution in [3.8, 4) is 22.6 Å². The molecule has 190 valence electrons. The van der Waals surface area contributed by atoms with Crippen LogP contribution in [0.1, 0.15) is 12.8 Å². The number of ether oxygens (including phenoxy) is 2. The zero-order chi connectivity index (χ0) is 25.8. The van der Waals surface area contributed by atoms with Gasteiger partial charge in [-0.15, -0.1) is 0 Å². The van der Waals surface area contributed by atoms with Crippen molar-refractivity contribution in [3.05, 3.63) is 72.8 Å². The summed E-state index contributed by atoms with van der Waals surface area (Å²) in [5.41, 5.74) is 1.50. The highest BCUT2D eigenvalue weighted by Gasteiger charge is 2.19. The summed E-state index contributed by atoms with van der Waals surface area (Å²) in [6, 6.07) is 23.0. The fourth-order valence-corrected chi connectivity index (χ4v) is 5.07. The van der Waals surface area contributed by atoms with Crippen LogP contribution in [0, 0.1) is 0 Å². The lowest BCUT2D eigenvalue weighted by atomic mass is 9.92. The van der Waals surface area contributed by atoms with E-state index in [1.54, 1.807) is 0 Å². The van der Waals surface area contributed by atoms with Gasteiger partial charge in [0.05, 0.1) is 24.7 Å². The Bertz CT molecular complexity index is 1470. The van der Waals surface area contributed by atoms with Crippen LogP contribution >= 0.6 is 0 Å². The quantitative estimate of drug-likeness (QED) is 0.205. The van der Waals surface area contributed by atoms with Crippen LogP contribution < -0.4 is 9.47 Å². The zero-order valence-corrected chi connectivity index (χ0v) is 21.0. The highest BCUT2D eigenvalue weighted by atomic mass is 32.2. The Morgan fingerprint density at radius 1 is 0.556 bits per heavy atom. The van der Waals surface area contributed by atoms with Crippen LogP contribution in [-0.2, 0) is 20.2 Å². The van der Waals surface area contributed by atoms with Crippen LogP contribution in [0.3, 0.4) is 0 Å². The first kappa shape index (κ1) is 25.9. The number of hydrogen-bond acceptors (Lipinski definition) is 6. The number of hydrogen-bond donors (Lipinski definition) is 2. The summed E-state index contributed by atoms with van der Waals surface area (Å²) in [6.45, 7) is 0.140. The number of rotatable bonds is 11. The van der Waals surface area contributed by atoms with Gasteiger partial charge in [-0.25, -0.2) is 0 Å². The Morgan fingerprint density at radius 2 is 0.944 bits per heavy atom. The van der Waals surface area contributed by atoms with Gasteiger partial charge in [0.1, 0.15) is 11.5 Å². The van der Waals surface area contributed by atoms with Gasteiger partial charge < -0.3 is 9.47 Å². The maximum atomic E-state index is 11.1. The van der Waals surface area contributed by atoms with Gasteiger partial charge in [0, 0.05) is 11.1 Å². The molecule has 0 heterocycles. The third kappa shape index (κ3) is 6.52. The Hall–Kier alpha value is -3.18. The summed E-state index contributed by atoms with van der Waals surface area (Å²) in [6.07, 6.45) is 0.221. The first-order valence-electron chi connectivity index (χ1n) is 11.3. The first-order chi connectivity index (χ1) is 17.1. The molecule has 0 amide bonds. The third-order valence-electron chi connectivity index (χ3n) is 5.64. The summed E-state index contributed by atoms with van der Waals surface area (Å²) >= 11 is 0. The van der Waals surface area contributed by atoms with E-state index in [2.05, 4.69) is 0 Å². The van der Waals surface area contributed by atoms with Crippen LogP contribution in [0.2, 0.25) is 0 Å². The average molecular weight is 531 g/mol.